The molecule has 104 valence electrons. The normalized spacial score (nSPS) is 28.8. The molecule has 2 saturated heterocycles. The number of carbonyl (C=O) groups excluding carboxylic acids is 1. The minimum absolute atomic E-state index is 0.187. The Balaban J connectivity index is 1.71. The van der Waals surface area contributed by atoms with Crippen molar-refractivity contribution >= 4 is 17.2 Å². The molecule has 0 spiro atoms. The lowest BCUT2D eigenvalue weighted by molar-refractivity contribution is 0.0437. The number of hydrogen-bond acceptors (Lipinski definition) is 4. The molecule has 3 heterocycles. The predicted octanol–water partition coefficient (Wildman–Crippen LogP) is 1.54. The van der Waals surface area contributed by atoms with Gasteiger partial charge < -0.3 is 9.64 Å². The van der Waals surface area contributed by atoms with Crippen LogP contribution in [0.15, 0.2) is 17.5 Å². The highest BCUT2D eigenvalue weighted by Crippen LogP contribution is 2.25. The van der Waals surface area contributed by atoms with E-state index in [1.54, 1.807) is 0 Å². The molecule has 1 amide bonds. The highest BCUT2D eigenvalue weighted by atomic mass is 32.1. The Bertz CT molecular complexity index is 435. The van der Waals surface area contributed by atoms with Crippen molar-refractivity contribution in [2.45, 2.75) is 12.5 Å². The lowest BCUT2D eigenvalue weighted by Crippen LogP contribution is -2.53. The van der Waals surface area contributed by atoms with Gasteiger partial charge >= 0.3 is 0 Å². The molecule has 0 unspecified atom stereocenters. The summed E-state index contributed by atoms with van der Waals surface area (Å²) in [4.78, 5) is 17.6. The van der Waals surface area contributed by atoms with Crippen LogP contribution in [0.1, 0.15) is 16.1 Å². The van der Waals surface area contributed by atoms with Gasteiger partial charge in [-0.05, 0) is 24.9 Å². The number of fused-ring (bicyclic) bond motifs is 1. The SMILES string of the molecule is CN1CCOC[C@H]2CCN(C(=O)c3cccs3)C[C@H]21. The molecular formula is C14H20N2O2S. The van der Waals surface area contributed by atoms with E-state index in [1.165, 1.54) is 11.3 Å². The van der Waals surface area contributed by atoms with E-state index in [9.17, 15) is 4.79 Å². The molecule has 2 atom stereocenters. The summed E-state index contributed by atoms with van der Waals surface area (Å²) in [7, 11) is 2.14. The minimum atomic E-state index is 0.187. The number of carbonyl (C=O) groups is 1. The first-order valence-electron chi connectivity index (χ1n) is 6.86. The van der Waals surface area contributed by atoms with E-state index in [4.69, 9.17) is 4.74 Å². The van der Waals surface area contributed by atoms with Crippen molar-refractivity contribution in [1.82, 2.24) is 9.80 Å². The quantitative estimate of drug-likeness (QED) is 0.782. The first-order chi connectivity index (χ1) is 9.25. The first-order valence-corrected chi connectivity index (χ1v) is 7.74. The third-order valence-electron chi connectivity index (χ3n) is 4.23. The molecular weight excluding hydrogens is 260 g/mol. The van der Waals surface area contributed by atoms with Gasteiger partial charge in [-0.3, -0.25) is 9.69 Å². The molecule has 0 aromatic carbocycles. The van der Waals surface area contributed by atoms with Crippen LogP contribution in [-0.2, 0) is 4.74 Å². The fourth-order valence-electron chi connectivity index (χ4n) is 3.02. The molecule has 0 radical (unpaired) electrons. The molecule has 3 rings (SSSR count). The largest absolute Gasteiger partial charge is 0.380 e. The van der Waals surface area contributed by atoms with Crippen molar-refractivity contribution in [1.29, 1.82) is 0 Å². The summed E-state index contributed by atoms with van der Waals surface area (Å²) in [5.74, 6) is 0.756. The summed E-state index contributed by atoms with van der Waals surface area (Å²) in [6.45, 7) is 4.30. The number of likely N-dealkylation sites (N-methyl/N-ethyl adjacent to an activating group) is 1. The molecule has 2 aliphatic rings. The van der Waals surface area contributed by atoms with Crippen molar-refractivity contribution in [3.63, 3.8) is 0 Å². The zero-order valence-corrected chi connectivity index (χ0v) is 12.1. The monoisotopic (exact) mass is 280 g/mol. The van der Waals surface area contributed by atoms with Crippen LogP contribution in [0.25, 0.3) is 0 Å². The van der Waals surface area contributed by atoms with Gasteiger partial charge in [-0.25, -0.2) is 0 Å². The van der Waals surface area contributed by atoms with E-state index in [1.807, 2.05) is 22.4 Å². The van der Waals surface area contributed by atoms with Gasteiger partial charge in [0, 0.05) is 31.6 Å². The van der Waals surface area contributed by atoms with Crippen molar-refractivity contribution in [2.75, 3.05) is 39.9 Å². The Morgan fingerprint density at radius 2 is 2.37 bits per heavy atom. The standard InChI is InChI=1S/C14H20N2O2S/c1-15-6-7-18-10-11-4-5-16(9-12(11)15)14(17)13-3-2-8-19-13/h2-3,8,11-12H,4-7,9-10H2,1H3/t11-,12-/m1/s1. The number of hydrogen-bond donors (Lipinski definition) is 0. The number of nitrogens with zero attached hydrogens (tertiary/aromatic N) is 2. The third kappa shape index (κ3) is 2.68. The fourth-order valence-corrected chi connectivity index (χ4v) is 3.71. The second kappa shape index (κ2) is 5.61. The topological polar surface area (TPSA) is 32.8 Å². The average Bonchev–Trinajstić information content (AvgIpc) is 2.90. The molecule has 4 nitrogen and oxygen atoms in total. The molecule has 0 bridgehead atoms. The third-order valence-corrected chi connectivity index (χ3v) is 5.08. The summed E-state index contributed by atoms with van der Waals surface area (Å²) in [5.41, 5.74) is 0. The Morgan fingerprint density at radius 3 is 3.16 bits per heavy atom. The molecule has 1 aromatic heterocycles. The summed E-state index contributed by atoms with van der Waals surface area (Å²) < 4.78 is 5.66. The van der Waals surface area contributed by atoms with Crippen LogP contribution in [0.5, 0.6) is 0 Å². The molecule has 2 aliphatic heterocycles. The number of likely N-dealkylation sites (tertiary alicyclic amines) is 1. The second-order valence-corrected chi connectivity index (χ2v) is 6.35. The lowest BCUT2D eigenvalue weighted by Gasteiger charge is -2.41. The van der Waals surface area contributed by atoms with E-state index in [0.717, 1.165) is 44.1 Å². The van der Waals surface area contributed by atoms with Gasteiger partial charge in [0.25, 0.3) is 5.91 Å². The minimum Gasteiger partial charge on any atom is -0.380 e. The van der Waals surface area contributed by atoms with E-state index in [0.29, 0.717) is 12.0 Å². The lowest BCUT2D eigenvalue weighted by atomic mass is 9.91. The Labute approximate surface area is 118 Å². The summed E-state index contributed by atoms with van der Waals surface area (Å²) in [6, 6.07) is 4.30. The van der Waals surface area contributed by atoms with E-state index >= 15 is 0 Å². The molecule has 1 aromatic rings. The van der Waals surface area contributed by atoms with Crippen molar-refractivity contribution < 1.29 is 9.53 Å². The summed E-state index contributed by atoms with van der Waals surface area (Å²) in [6.07, 6.45) is 1.05. The van der Waals surface area contributed by atoms with Crippen LogP contribution in [0.4, 0.5) is 0 Å². The highest BCUT2D eigenvalue weighted by Gasteiger charge is 2.35. The van der Waals surface area contributed by atoms with Gasteiger partial charge in [-0.1, -0.05) is 6.07 Å². The number of rotatable bonds is 1. The highest BCUT2D eigenvalue weighted by molar-refractivity contribution is 7.12. The molecule has 0 saturated carbocycles. The smallest absolute Gasteiger partial charge is 0.263 e. The number of piperidine rings is 1. The van der Waals surface area contributed by atoms with Gasteiger partial charge in [0.15, 0.2) is 0 Å². The predicted molar refractivity (Wildman–Crippen MR) is 75.6 cm³/mol. The Hall–Kier alpha value is -0.910. The van der Waals surface area contributed by atoms with E-state index in [-0.39, 0.29) is 5.91 Å². The Kier molecular flexibility index (Phi) is 3.86. The van der Waals surface area contributed by atoms with Crippen molar-refractivity contribution in [3.05, 3.63) is 22.4 Å². The van der Waals surface area contributed by atoms with Crippen LogP contribution >= 0.6 is 11.3 Å². The van der Waals surface area contributed by atoms with Crippen molar-refractivity contribution in [2.24, 2.45) is 5.92 Å². The second-order valence-electron chi connectivity index (χ2n) is 5.40. The number of amides is 1. The maximum Gasteiger partial charge on any atom is 0.263 e. The van der Waals surface area contributed by atoms with Gasteiger partial charge in [0.2, 0.25) is 0 Å². The first kappa shape index (κ1) is 13.1. The van der Waals surface area contributed by atoms with Gasteiger partial charge in [0.1, 0.15) is 0 Å². The maximum absolute atomic E-state index is 12.4. The van der Waals surface area contributed by atoms with Crippen LogP contribution in [0.2, 0.25) is 0 Å². The van der Waals surface area contributed by atoms with E-state index in [2.05, 4.69) is 11.9 Å². The fraction of sp³-hybridized carbons (Fsp3) is 0.643. The van der Waals surface area contributed by atoms with Gasteiger partial charge in [0.05, 0.1) is 18.1 Å². The number of thiophene rings is 1. The molecule has 19 heavy (non-hydrogen) atoms. The zero-order valence-electron chi connectivity index (χ0n) is 11.2. The van der Waals surface area contributed by atoms with Crippen LogP contribution < -0.4 is 0 Å². The van der Waals surface area contributed by atoms with Crippen LogP contribution in [0, 0.1) is 5.92 Å². The molecule has 5 heteroatoms. The number of ether oxygens (including phenoxy) is 1. The van der Waals surface area contributed by atoms with Gasteiger partial charge in [-0.2, -0.15) is 0 Å². The van der Waals surface area contributed by atoms with Crippen molar-refractivity contribution in [3.8, 4) is 0 Å². The Morgan fingerprint density at radius 1 is 1.47 bits per heavy atom. The molecule has 2 fully saturated rings. The maximum atomic E-state index is 12.4. The summed E-state index contributed by atoms with van der Waals surface area (Å²) in [5, 5.41) is 1.96. The summed E-state index contributed by atoms with van der Waals surface area (Å²) >= 11 is 1.53. The van der Waals surface area contributed by atoms with Gasteiger partial charge in [-0.15, -0.1) is 11.3 Å². The van der Waals surface area contributed by atoms with Crippen LogP contribution in [0.3, 0.4) is 0 Å². The zero-order chi connectivity index (χ0) is 13.2. The average molecular weight is 280 g/mol. The molecule has 0 aliphatic carbocycles. The molecule has 0 N–H and O–H groups in total. The van der Waals surface area contributed by atoms with E-state index < -0.39 is 0 Å². The van der Waals surface area contributed by atoms with Crippen LogP contribution in [-0.4, -0.2) is 61.6 Å².